The molecule has 0 spiro atoms. The number of amides is 1. The number of nitrogens with zero attached hydrogens (tertiary/aromatic N) is 1. The van der Waals surface area contributed by atoms with Gasteiger partial charge in [-0.2, -0.15) is 0 Å². The van der Waals surface area contributed by atoms with E-state index in [-0.39, 0.29) is 18.1 Å². The highest BCUT2D eigenvalue weighted by Crippen LogP contribution is 2.53. The lowest BCUT2D eigenvalue weighted by atomic mass is 9.85. The first-order chi connectivity index (χ1) is 13.5. The van der Waals surface area contributed by atoms with Crippen molar-refractivity contribution in [3.63, 3.8) is 0 Å². The van der Waals surface area contributed by atoms with E-state index in [1.807, 2.05) is 50.2 Å². The van der Waals surface area contributed by atoms with Crippen molar-refractivity contribution in [1.29, 1.82) is 0 Å². The van der Waals surface area contributed by atoms with Crippen LogP contribution in [0.4, 0.5) is 5.82 Å². The summed E-state index contributed by atoms with van der Waals surface area (Å²) >= 11 is 0. The second kappa shape index (κ2) is 6.17. The lowest BCUT2D eigenvalue weighted by molar-refractivity contribution is 0.0857. The normalized spacial score (nSPS) is 18.6. The van der Waals surface area contributed by atoms with Crippen LogP contribution in [0.5, 0.6) is 0 Å². The maximum absolute atomic E-state index is 12.8. The average Bonchev–Trinajstić information content (AvgIpc) is 3.24. The van der Waals surface area contributed by atoms with Gasteiger partial charge >= 0.3 is 0 Å². The first kappa shape index (κ1) is 17.0. The number of benzene rings is 2. The second-order valence-corrected chi connectivity index (χ2v) is 7.48. The molecule has 0 saturated carbocycles. The van der Waals surface area contributed by atoms with Gasteiger partial charge in [0.2, 0.25) is 0 Å². The number of nitrogens with two attached hydrogens (primary N) is 1. The molecule has 5 heteroatoms. The van der Waals surface area contributed by atoms with Crippen molar-refractivity contribution < 1.29 is 9.53 Å². The van der Waals surface area contributed by atoms with Crippen LogP contribution in [0, 0.1) is 13.8 Å². The van der Waals surface area contributed by atoms with Crippen LogP contribution in [-0.4, -0.2) is 10.9 Å². The fourth-order valence-corrected chi connectivity index (χ4v) is 4.36. The second-order valence-electron chi connectivity index (χ2n) is 7.48. The third-order valence-electron chi connectivity index (χ3n) is 5.75. The summed E-state index contributed by atoms with van der Waals surface area (Å²) in [5, 5.41) is 3.01. The molecule has 2 aliphatic rings. The van der Waals surface area contributed by atoms with Crippen molar-refractivity contribution in [1.82, 2.24) is 10.3 Å². The van der Waals surface area contributed by atoms with E-state index in [1.165, 1.54) is 11.1 Å². The summed E-state index contributed by atoms with van der Waals surface area (Å²) in [6.45, 7) is 4.31. The minimum atomic E-state index is -0.102. The van der Waals surface area contributed by atoms with E-state index in [9.17, 15) is 4.79 Å². The van der Waals surface area contributed by atoms with E-state index in [1.54, 1.807) is 0 Å². The van der Waals surface area contributed by atoms with Crippen molar-refractivity contribution in [2.24, 2.45) is 0 Å². The fourth-order valence-electron chi connectivity index (χ4n) is 4.36. The topological polar surface area (TPSA) is 77.2 Å². The number of ether oxygens (including phenoxy) is 1. The number of carbonyl (C=O) groups excluding carboxylic acids is 1. The Bertz CT molecular complexity index is 1100. The van der Waals surface area contributed by atoms with Gasteiger partial charge < -0.3 is 15.8 Å². The first-order valence-corrected chi connectivity index (χ1v) is 9.42. The first-order valence-electron chi connectivity index (χ1n) is 9.42. The van der Waals surface area contributed by atoms with Crippen LogP contribution in [0.3, 0.4) is 0 Å². The van der Waals surface area contributed by atoms with Gasteiger partial charge in [0, 0.05) is 17.8 Å². The molecule has 0 fully saturated rings. The largest absolute Gasteiger partial charge is 0.384 e. The summed E-state index contributed by atoms with van der Waals surface area (Å²) in [5.74, 6) is 0.397. The summed E-state index contributed by atoms with van der Waals surface area (Å²) in [5.41, 5.74) is 14.0. The predicted molar refractivity (Wildman–Crippen MR) is 107 cm³/mol. The third-order valence-corrected chi connectivity index (χ3v) is 5.75. The van der Waals surface area contributed by atoms with Crippen molar-refractivity contribution in [2.45, 2.75) is 32.6 Å². The number of aromatic nitrogens is 1. The maximum Gasteiger partial charge on any atom is 0.251 e. The Morgan fingerprint density at radius 1 is 1.04 bits per heavy atom. The van der Waals surface area contributed by atoms with E-state index in [2.05, 4.69) is 22.4 Å². The summed E-state index contributed by atoms with van der Waals surface area (Å²) in [6, 6.07) is 16.0. The molecular formula is C23H21N3O2. The van der Waals surface area contributed by atoms with E-state index in [4.69, 9.17) is 10.5 Å². The number of hydrogen-bond donors (Lipinski definition) is 2. The number of rotatable bonds is 3. The lowest BCUT2D eigenvalue weighted by Crippen LogP contribution is -2.24. The fraction of sp³-hybridized carbons (Fsp3) is 0.217. The molecule has 5 rings (SSSR count). The van der Waals surface area contributed by atoms with E-state index < -0.39 is 0 Å². The Labute approximate surface area is 163 Å². The molecule has 2 unspecified atom stereocenters. The summed E-state index contributed by atoms with van der Waals surface area (Å²) in [4.78, 5) is 17.1. The number of nitrogens with one attached hydrogen (secondary N) is 1. The molecular weight excluding hydrogens is 350 g/mol. The Morgan fingerprint density at radius 3 is 2.43 bits per heavy atom. The van der Waals surface area contributed by atoms with Crippen LogP contribution in [-0.2, 0) is 11.3 Å². The number of nitrogen functional groups attached to an aromatic ring is 1. The lowest BCUT2D eigenvalue weighted by Gasteiger charge is -2.16. The molecule has 5 nitrogen and oxygen atoms in total. The molecule has 140 valence electrons. The zero-order valence-electron chi connectivity index (χ0n) is 15.8. The minimum Gasteiger partial charge on any atom is -0.384 e. The smallest absolute Gasteiger partial charge is 0.251 e. The Hall–Kier alpha value is -3.18. The Morgan fingerprint density at radius 2 is 1.71 bits per heavy atom. The minimum absolute atomic E-state index is 0.0144. The zero-order valence-corrected chi connectivity index (χ0v) is 15.8. The molecule has 2 aromatic carbocycles. The number of hydrogen-bond acceptors (Lipinski definition) is 4. The Balaban J connectivity index is 1.38. The zero-order chi connectivity index (χ0) is 19.4. The third kappa shape index (κ3) is 2.51. The molecule has 3 heterocycles. The van der Waals surface area contributed by atoms with E-state index in [0.717, 1.165) is 27.9 Å². The molecule has 0 aliphatic carbocycles. The van der Waals surface area contributed by atoms with Gasteiger partial charge in [-0.1, -0.05) is 30.3 Å². The maximum atomic E-state index is 12.8. The van der Waals surface area contributed by atoms with E-state index in [0.29, 0.717) is 17.9 Å². The highest BCUT2D eigenvalue weighted by Gasteiger charge is 2.42. The van der Waals surface area contributed by atoms with Gasteiger partial charge in [0.05, 0.1) is 0 Å². The van der Waals surface area contributed by atoms with Gasteiger partial charge in [-0.3, -0.25) is 4.79 Å². The molecule has 0 radical (unpaired) electrons. The molecule has 2 bridgehead atoms. The van der Waals surface area contributed by atoms with Crippen LogP contribution >= 0.6 is 0 Å². The molecule has 28 heavy (non-hydrogen) atoms. The average molecular weight is 371 g/mol. The quantitative estimate of drug-likeness (QED) is 0.735. The van der Waals surface area contributed by atoms with Gasteiger partial charge in [-0.15, -0.1) is 0 Å². The summed E-state index contributed by atoms with van der Waals surface area (Å²) < 4.78 is 6.17. The molecule has 3 aromatic rings. The molecule has 2 aliphatic heterocycles. The van der Waals surface area contributed by atoms with Crippen molar-refractivity contribution in [3.8, 4) is 0 Å². The van der Waals surface area contributed by atoms with Gasteiger partial charge in [-0.05, 0) is 65.4 Å². The number of anilines is 1. The number of carbonyl (C=O) groups is 1. The number of pyridine rings is 1. The number of fused-ring (bicyclic) bond motifs is 8. The van der Waals surface area contributed by atoms with Gasteiger partial charge in [0.15, 0.2) is 0 Å². The van der Waals surface area contributed by atoms with Crippen molar-refractivity contribution in [2.75, 3.05) is 5.73 Å². The van der Waals surface area contributed by atoms with Crippen LogP contribution in [0.25, 0.3) is 0 Å². The highest BCUT2D eigenvalue weighted by atomic mass is 16.5. The SMILES string of the molecule is Cc1cc(N)nc(C)c1CNC(=O)c1ccc2c(c1)C1OC2c2ccccc21. The summed E-state index contributed by atoms with van der Waals surface area (Å²) in [7, 11) is 0. The van der Waals surface area contributed by atoms with Crippen LogP contribution in [0.2, 0.25) is 0 Å². The monoisotopic (exact) mass is 371 g/mol. The van der Waals surface area contributed by atoms with E-state index >= 15 is 0 Å². The van der Waals surface area contributed by atoms with Gasteiger partial charge in [-0.25, -0.2) is 4.98 Å². The number of aryl methyl sites for hydroxylation is 2. The standard InChI is InChI=1S/C23H21N3O2/c1-12-9-20(24)26-13(2)19(12)11-25-23(27)14-7-8-17-18(10-14)22-16-6-4-3-5-15(16)21(17)28-22/h3-10,21-22H,11H2,1-2H3,(H2,24,26)(H,25,27). The van der Waals surface area contributed by atoms with Crippen LogP contribution < -0.4 is 11.1 Å². The molecule has 1 amide bonds. The van der Waals surface area contributed by atoms with Gasteiger partial charge in [0.1, 0.15) is 18.0 Å². The van der Waals surface area contributed by atoms with Crippen molar-refractivity contribution >= 4 is 11.7 Å². The molecule has 1 aromatic heterocycles. The highest BCUT2D eigenvalue weighted by molar-refractivity contribution is 5.94. The molecule has 2 atom stereocenters. The molecule has 0 saturated heterocycles. The van der Waals surface area contributed by atoms with Gasteiger partial charge in [0.25, 0.3) is 5.91 Å². The van der Waals surface area contributed by atoms with Crippen LogP contribution in [0.15, 0.2) is 48.5 Å². The Kier molecular flexibility index (Phi) is 3.74. The molecule has 3 N–H and O–H groups in total. The van der Waals surface area contributed by atoms with Crippen molar-refractivity contribution in [3.05, 3.63) is 93.2 Å². The van der Waals surface area contributed by atoms with Crippen LogP contribution in [0.1, 0.15) is 61.6 Å². The summed E-state index contributed by atoms with van der Waals surface area (Å²) in [6.07, 6.45) is -0.0887. The predicted octanol–water partition coefficient (Wildman–Crippen LogP) is 3.73.